The maximum absolute atomic E-state index is 5.99. The second kappa shape index (κ2) is 9.21. The number of piperazine rings is 1. The number of piperidine rings is 1. The van der Waals surface area contributed by atoms with E-state index in [-0.39, 0.29) is 0 Å². The van der Waals surface area contributed by atoms with Crippen LogP contribution < -0.4 is 26.0 Å². The highest BCUT2D eigenvalue weighted by Gasteiger charge is 2.58. The third-order valence-corrected chi connectivity index (χ3v) is 7.25. The topological polar surface area (TPSA) is 81.4 Å². The first kappa shape index (κ1) is 22.0. The zero-order chi connectivity index (χ0) is 22.8. The van der Waals surface area contributed by atoms with Crippen molar-refractivity contribution in [3.05, 3.63) is 61.3 Å². The van der Waals surface area contributed by atoms with E-state index in [9.17, 15) is 0 Å². The fraction of sp³-hybridized carbons (Fsp3) is 0.480. The lowest BCUT2D eigenvalue weighted by molar-refractivity contribution is 0.214. The Balaban J connectivity index is 1.12. The Morgan fingerprint density at radius 2 is 2.03 bits per heavy atom. The lowest BCUT2D eigenvalue weighted by atomic mass is 10.1. The number of anilines is 1. The van der Waals surface area contributed by atoms with E-state index in [2.05, 4.69) is 38.6 Å². The lowest BCUT2D eigenvalue weighted by Gasteiger charge is -2.30. The van der Waals surface area contributed by atoms with Crippen molar-refractivity contribution in [2.45, 2.75) is 6.42 Å². The number of likely N-dealkylation sites (tertiary alicyclic amines) is 1. The molecule has 4 aliphatic rings. The largest absolute Gasteiger partial charge is 0.492 e. The van der Waals surface area contributed by atoms with E-state index in [4.69, 9.17) is 10.5 Å². The van der Waals surface area contributed by atoms with Crippen LogP contribution in [-0.4, -0.2) is 74.6 Å². The molecule has 1 aromatic rings. The Bertz CT molecular complexity index is 946. The number of nitrogens with two attached hydrogens (primary N) is 1. The SMILES string of the molecule is C=C(/N=C1\C=CN(c2ccc(OCCN3CC4CC4(CN)C3)cc2)C(=C)N1)N1CCNCC1. The van der Waals surface area contributed by atoms with Crippen molar-refractivity contribution < 1.29 is 4.74 Å². The zero-order valence-electron chi connectivity index (χ0n) is 19.3. The van der Waals surface area contributed by atoms with E-state index in [0.717, 1.165) is 80.6 Å². The van der Waals surface area contributed by atoms with Crippen molar-refractivity contribution >= 4 is 11.5 Å². The van der Waals surface area contributed by atoms with Crippen LogP contribution in [0.4, 0.5) is 5.69 Å². The predicted molar refractivity (Wildman–Crippen MR) is 133 cm³/mol. The van der Waals surface area contributed by atoms with E-state index in [0.29, 0.717) is 12.0 Å². The number of rotatable bonds is 8. The molecule has 3 fully saturated rings. The smallest absolute Gasteiger partial charge is 0.135 e. The molecule has 1 aliphatic carbocycles. The van der Waals surface area contributed by atoms with Crippen LogP contribution in [0.2, 0.25) is 0 Å². The summed E-state index contributed by atoms with van der Waals surface area (Å²) in [6, 6.07) is 8.11. The average molecular weight is 450 g/mol. The normalized spacial score (nSPS) is 28.1. The number of nitrogens with one attached hydrogen (secondary N) is 2. The Hall–Kier alpha value is -2.81. The van der Waals surface area contributed by atoms with Crippen molar-refractivity contribution in [1.82, 2.24) is 20.4 Å². The zero-order valence-corrected chi connectivity index (χ0v) is 19.3. The number of hydrogen-bond acceptors (Lipinski definition) is 7. The first-order valence-corrected chi connectivity index (χ1v) is 11.9. The lowest BCUT2D eigenvalue weighted by Crippen LogP contribution is -2.43. The molecular formula is C25H35N7O. The van der Waals surface area contributed by atoms with Crippen LogP contribution in [0.15, 0.2) is 66.3 Å². The molecule has 176 valence electrons. The number of amidine groups is 1. The first-order valence-electron chi connectivity index (χ1n) is 11.9. The molecule has 0 spiro atoms. The van der Waals surface area contributed by atoms with Gasteiger partial charge in [0.15, 0.2) is 0 Å². The molecule has 2 saturated heterocycles. The van der Waals surface area contributed by atoms with Gasteiger partial charge in [-0.25, -0.2) is 4.99 Å². The number of fused-ring (bicyclic) bond motifs is 1. The molecular weight excluding hydrogens is 414 g/mol. The molecule has 0 bridgehead atoms. The molecule has 4 N–H and O–H groups in total. The number of aliphatic imine (C=N–C) groups is 1. The second-order valence-electron chi connectivity index (χ2n) is 9.45. The van der Waals surface area contributed by atoms with Gasteiger partial charge in [0.1, 0.15) is 29.8 Å². The third-order valence-electron chi connectivity index (χ3n) is 7.25. The Morgan fingerprint density at radius 1 is 1.24 bits per heavy atom. The van der Waals surface area contributed by atoms with Gasteiger partial charge in [-0.05, 0) is 54.6 Å². The molecule has 0 amide bonds. The molecule has 0 radical (unpaired) electrons. The van der Waals surface area contributed by atoms with Crippen LogP contribution in [0.25, 0.3) is 0 Å². The van der Waals surface area contributed by atoms with Crippen molar-refractivity contribution in [2.24, 2.45) is 22.1 Å². The van der Waals surface area contributed by atoms with Crippen molar-refractivity contribution in [3.63, 3.8) is 0 Å². The number of nitrogens with zero attached hydrogens (tertiary/aromatic N) is 4. The molecule has 0 aromatic heterocycles. The van der Waals surface area contributed by atoms with Gasteiger partial charge in [-0.3, -0.25) is 4.90 Å². The summed E-state index contributed by atoms with van der Waals surface area (Å²) in [6.07, 6.45) is 5.23. The maximum Gasteiger partial charge on any atom is 0.135 e. The summed E-state index contributed by atoms with van der Waals surface area (Å²) >= 11 is 0. The molecule has 8 heteroatoms. The molecule has 2 atom stereocenters. The predicted octanol–water partition coefficient (Wildman–Crippen LogP) is 1.52. The van der Waals surface area contributed by atoms with Gasteiger partial charge < -0.3 is 30.9 Å². The van der Waals surface area contributed by atoms with Crippen molar-refractivity contribution in [1.29, 1.82) is 0 Å². The van der Waals surface area contributed by atoms with Gasteiger partial charge in [0, 0.05) is 57.7 Å². The minimum atomic E-state index is 0.420. The van der Waals surface area contributed by atoms with Crippen molar-refractivity contribution in [2.75, 3.05) is 63.9 Å². The van der Waals surface area contributed by atoms with Crippen LogP contribution in [0.3, 0.4) is 0 Å². The minimum absolute atomic E-state index is 0.420. The van der Waals surface area contributed by atoms with Crippen LogP contribution in [0.1, 0.15) is 6.42 Å². The van der Waals surface area contributed by atoms with Gasteiger partial charge in [0.2, 0.25) is 0 Å². The average Bonchev–Trinajstić information content (AvgIpc) is 3.41. The van der Waals surface area contributed by atoms with Crippen LogP contribution in [0, 0.1) is 11.3 Å². The minimum Gasteiger partial charge on any atom is -0.492 e. The van der Waals surface area contributed by atoms with Gasteiger partial charge in [0.25, 0.3) is 0 Å². The number of ether oxygens (including phenoxy) is 1. The third kappa shape index (κ3) is 4.78. The van der Waals surface area contributed by atoms with Gasteiger partial charge in [0.05, 0.1) is 0 Å². The molecule has 3 aliphatic heterocycles. The summed E-state index contributed by atoms with van der Waals surface area (Å²) in [7, 11) is 0. The van der Waals surface area contributed by atoms with Crippen molar-refractivity contribution in [3.8, 4) is 5.75 Å². The quantitative estimate of drug-likeness (QED) is 0.555. The molecule has 8 nitrogen and oxygen atoms in total. The van der Waals surface area contributed by atoms with E-state index in [1.165, 1.54) is 13.0 Å². The molecule has 1 aromatic carbocycles. The van der Waals surface area contributed by atoms with Crippen LogP contribution in [-0.2, 0) is 0 Å². The van der Waals surface area contributed by atoms with E-state index >= 15 is 0 Å². The summed E-state index contributed by atoms with van der Waals surface area (Å²) in [5.74, 6) is 3.96. The Kier molecular flexibility index (Phi) is 6.14. The fourth-order valence-corrected chi connectivity index (χ4v) is 5.11. The highest BCUT2D eigenvalue weighted by molar-refractivity contribution is 5.97. The molecule has 5 rings (SSSR count). The monoisotopic (exact) mass is 449 g/mol. The first-order chi connectivity index (χ1) is 16.1. The van der Waals surface area contributed by atoms with Gasteiger partial charge in [-0.15, -0.1) is 0 Å². The Labute approximate surface area is 196 Å². The molecule has 2 unspecified atom stereocenters. The summed E-state index contributed by atoms with van der Waals surface area (Å²) < 4.78 is 5.99. The van der Waals surface area contributed by atoms with Gasteiger partial charge >= 0.3 is 0 Å². The molecule has 1 saturated carbocycles. The highest BCUT2D eigenvalue weighted by Crippen LogP contribution is 2.56. The van der Waals surface area contributed by atoms with Crippen LogP contribution >= 0.6 is 0 Å². The van der Waals surface area contributed by atoms with Gasteiger partial charge in [-0.2, -0.15) is 0 Å². The van der Waals surface area contributed by atoms with E-state index in [1.807, 2.05) is 41.4 Å². The van der Waals surface area contributed by atoms with Crippen LogP contribution in [0.5, 0.6) is 5.75 Å². The summed E-state index contributed by atoms with van der Waals surface area (Å²) in [5.41, 5.74) is 7.38. The number of hydrogen-bond donors (Lipinski definition) is 3. The standard InChI is InChI=1S/C25H35N7O/c1-19(31-11-8-27-9-12-31)28-24-7-10-32(20(2)29-24)22-3-5-23(6-4-22)33-14-13-30-16-21-15-25(21,17-26)18-30/h3-7,10,21,27H,1-2,8-9,11-18,26H2,(H,28,29). The molecule has 3 heterocycles. The van der Waals surface area contributed by atoms with E-state index < -0.39 is 0 Å². The summed E-state index contributed by atoms with van der Waals surface area (Å²) in [4.78, 5) is 11.3. The fourth-order valence-electron chi connectivity index (χ4n) is 5.11. The number of benzene rings is 1. The Morgan fingerprint density at radius 3 is 2.73 bits per heavy atom. The summed E-state index contributed by atoms with van der Waals surface area (Å²) in [5, 5.41) is 6.62. The molecule has 33 heavy (non-hydrogen) atoms. The highest BCUT2D eigenvalue weighted by atomic mass is 16.5. The maximum atomic E-state index is 5.99. The van der Waals surface area contributed by atoms with Gasteiger partial charge in [-0.1, -0.05) is 13.2 Å². The second-order valence-corrected chi connectivity index (χ2v) is 9.45. The van der Waals surface area contributed by atoms with E-state index in [1.54, 1.807) is 0 Å². The summed E-state index contributed by atoms with van der Waals surface area (Å²) in [6.45, 7) is 16.8.